The Labute approximate surface area is 142 Å². The number of nitrogens with zero attached hydrogens (tertiary/aromatic N) is 5. The van der Waals surface area contributed by atoms with Gasteiger partial charge in [-0.25, -0.2) is 15.0 Å². The molecule has 0 N–H and O–H groups in total. The lowest BCUT2D eigenvalue weighted by molar-refractivity contribution is 0.101. The number of fused-ring (bicyclic) bond motifs is 1. The van der Waals surface area contributed by atoms with Crippen molar-refractivity contribution < 1.29 is 4.79 Å². The summed E-state index contributed by atoms with van der Waals surface area (Å²) in [6.07, 6.45) is 3.62. The minimum Gasteiger partial charge on any atom is -0.321 e. The van der Waals surface area contributed by atoms with Gasteiger partial charge in [-0.1, -0.05) is 0 Å². The lowest BCUT2D eigenvalue weighted by Crippen LogP contribution is -2.06. The molecule has 1 aromatic carbocycles. The Hall–Kier alpha value is -2.78. The predicted octanol–water partition coefficient (Wildman–Crippen LogP) is 3.56. The maximum atomic E-state index is 12.0. The van der Waals surface area contributed by atoms with E-state index in [1.807, 2.05) is 12.1 Å². The molecule has 1 fully saturated rings. The van der Waals surface area contributed by atoms with E-state index in [1.165, 1.54) is 13.1 Å². The van der Waals surface area contributed by atoms with Crippen LogP contribution in [0.25, 0.3) is 22.4 Å². The van der Waals surface area contributed by atoms with Crippen LogP contribution in [-0.4, -0.2) is 25.3 Å². The third-order valence-electron chi connectivity index (χ3n) is 4.06. The summed E-state index contributed by atoms with van der Waals surface area (Å²) in [7, 11) is 0. The number of carbonyl (C=O) groups excluding carboxylic acids is 1. The van der Waals surface area contributed by atoms with Crippen molar-refractivity contribution in [2.24, 2.45) is 0 Å². The van der Waals surface area contributed by atoms with E-state index in [9.17, 15) is 4.79 Å². The van der Waals surface area contributed by atoms with Gasteiger partial charge in [-0.2, -0.15) is 5.26 Å². The zero-order valence-electron chi connectivity index (χ0n) is 12.8. The Morgan fingerprint density at radius 1 is 1.38 bits per heavy atom. The van der Waals surface area contributed by atoms with Gasteiger partial charge in [0.15, 0.2) is 5.78 Å². The third kappa shape index (κ3) is 2.34. The minimum atomic E-state index is -0.193. The monoisotopic (exact) mass is 337 g/mol. The van der Waals surface area contributed by atoms with Gasteiger partial charge < -0.3 is 4.57 Å². The van der Waals surface area contributed by atoms with Crippen molar-refractivity contribution in [2.45, 2.75) is 25.8 Å². The highest BCUT2D eigenvalue weighted by Crippen LogP contribution is 2.41. The second-order valence-electron chi connectivity index (χ2n) is 5.81. The van der Waals surface area contributed by atoms with Crippen molar-refractivity contribution in [3.63, 3.8) is 0 Å². The molecule has 6 nitrogen and oxygen atoms in total. The molecule has 1 aliphatic carbocycles. The largest absolute Gasteiger partial charge is 0.321 e. The van der Waals surface area contributed by atoms with E-state index in [-0.39, 0.29) is 16.8 Å². The molecule has 1 aliphatic rings. The molecule has 2 heterocycles. The zero-order valence-corrected chi connectivity index (χ0v) is 13.6. The molecule has 0 bridgehead atoms. The summed E-state index contributed by atoms with van der Waals surface area (Å²) in [5.41, 5.74) is 3.06. The molecule has 0 unspecified atom stereocenters. The fourth-order valence-electron chi connectivity index (χ4n) is 2.85. The molecule has 0 saturated heterocycles. The highest BCUT2D eigenvalue weighted by molar-refractivity contribution is 6.28. The van der Waals surface area contributed by atoms with E-state index in [0.717, 1.165) is 23.9 Å². The van der Waals surface area contributed by atoms with Crippen molar-refractivity contribution in [3.05, 3.63) is 40.9 Å². The van der Waals surface area contributed by atoms with Crippen molar-refractivity contribution in [3.8, 4) is 17.5 Å². The number of benzene rings is 1. The van der Waals surface area contributed by atoms with Gasteiger partial charge in [0.05, 0.1) is 28.2 Å². The number of imidazole rings is 1. The average molecular weight is 338 g/mol. The first-order valence-corrected chi connectivity index (χ1v) is 7.92. The van der Waals surface area contributed by atoms with Crippen LogP contribution in [0.15, 0.2) is 24.4 Å². The van der Waals surface area contributed by atoms with Crippen LogP contribution in [0.5, 0.6) is 0 Å². The zero-order chi connectivity index (χ0) is 16.8. The van der Waals surface area contributed by atoms with Crippen molar-refractivity contribution in [1.82, 2.24) is 19.5 Å². The average Bonchev–Trinajstić information content (AvgIpc) is 3.34. The summed E-state index contributed by atoms with van der Waals surface area (Å²) in [5, 5.41) is 9.19. The normalized spacial score (nSPS) is 13.9. The summed E-state index contributed by atoms with van der Waals surface area (Å²) >= 11 is 5.84. The predicted molar refractivity (Wildman–Crippen MR) is 88.8 cm³/mol. The van der Waals surface area contributed by atoms with Crippen molar-refractivity contribution in [2.75, 3.05) is 0 Å². The molecule has 0 spiro atoms. The lowest BCUT2D eigenvalue weighted by atomic mass is 10.1. The highest BCUT2D eigenvalue weighted by Gasteiger charge is 2.30. The molecule has 118 valence electrons. The van der Waals surface area contributed by atoms with Gasteiger partial charge in [-0.05, 0) is 42.6 Å². The number of hydrogen-bond donors (Lipinski definition) is 0. The summed E-state index contributed by atoms with van der Waals surface area (Å²) < 4.78 is 2.08. The van der Waals surface area contributed by atoms with Crippen molar-refractivity contribution in [1.29, 1.82) is 5.26 Å². The molecule has 7 heteroatoms. The Balaban J connectivity index is 2.03. The lowest BCUT2D eigenvalue weighted by Gasteiger charge is -2.10. The molecule has 1 saturated carbocycles. The molecule has 2 aromatic heterocycles. The summed E-state index contributed by atoms with van der Waals surface area (Å²) in [6.45, 7) is 1.44. The van der Waals surface area contributed by atoms with E-state index < -0.39 is 0 Å². The molecular formula is C17H12ClN5O. The Morgan fingerprint density at radius 3 is 2.83 bits per heavy atom. The quantitative estimate of drug-likeness (QED) is 0.539. The van der Waals surface area contributed by atoms with Gasteiger partial charge in [0.2, 0.25) is 5.28 Å². The minimum absolute atomic E-state index is 0.0322. The molecule has 0 amide bonds. The topological polar surface area (TPSA) is 84.5 Å². The van der Waals surface area contributed by atoms with Crippen LogP contribution in [0.4, 0.5) is 0 Å². The fourth-order valence-corrected chi connectivity index (χ4v) is 2.98. The van der Waals surface area contributed by atoms with E-state index in [4.69, 9.17) is 16.9 Å². The number of aromatic nitrogens is 4. The van der Waals surface area contributed by atoms with E-state index in [2.05, 4.69) is 25.6 Å². The van der Waals surface area contributed by atoms with E-state index in [0.29, 0.717) is 23.0 Å². The molecule has 0 aliphatic heterocycles. The van der Waals surface area contributed by atoms with Crippen LogP contribution in [0.3, 0.4) is 0 Å². The van der Waals surface area contributed by atoms with Crippen LogP contribution < -0.4 is 0 Å². The number of ketones is 1. The van der Waals surface area contributed by atoms with E-state index >= 15 is 0 Å². The highest BCUT2D eigenvalue weighted by atomic mass is 35.5. The van der Waals surface area contributed by atoms with Gasteiger partial charge in [0.1, 0.15) is 11.5 Å². The summed E-state index contributed by atoms with van der Waals surface area (Å²) in [6, 6.07) is 7.85. The number of nitriles is 1. The molecule has 0 radical (unpaired) electrons. The SMILES string of the molecule is CC(=O)c1nc(Cl)ncc1-c1nc2ccc(C#N)cc2n1C1CC1. The van der Waals surface area contributed by atoms with Crippen LogP contribution >= 0.6 is 11.6 Å². The van der Waals surface area contributed by atoms with Crippen LogP contribution in [0, 0.1) is 11.3 Å². The first-order chi connectivity index (χ1) is 11.6. The first-order valence-electron chi connectivity index (χ1n) is 7.54. The number of hydrogen-bond acceptors (Lipinski definition) is 5. The number of Topliss-reactive ketones (excluding diaryl/α,β-unsaturated/α-hetero) is 1. The number of rotatable bonds is 3. The maximum Gasteiger partial charge on any atom is 0.223 e. The maximum absolute atomic E-state index is 12.0. The number of halogens is 1. The fraction of sp³-hybridized carbons (Fsp3) is 0.235. The van der Waals surface area contributed by atoms with E-state index in [1.54, 1.807) is 6.07 Å². The van der Waals surface area contributed by atoms with Gasteiger partial charge in [0.25, 0.3) is 0 Å². The molecule has 4 rings (SSSR count). The van der Waals surface area contributed by atoms with Crippen LogP contribution in [-0.2, 0) is 0 Å². The Kier molecular flexibility index (Phi) is 3.32. The number of carbonyl (C=O) groups is 1. The summed E-state index contributed by atoms with van der Waals surface area (Å²) in [4.78, 5) is 24.7. The van der Waals surface area contributed by atoms with Gasteiger partial charge in [-0.15, -0.1) is 0 Å². The third-order valence-corrected chi connectivity index (χ3v) is 4.25. The standard InChI is InChI=1S/C17H12ClN5O/c1-9(24)15-12(8-20-17(18)22-15)16-21-13-5-2-10(7-19)6-14(13)23(16)11-3-4-11/h2,5-6,8,11H,3-4H2,1H3. The van der Waals surface area contributed by atoms with Crippen LogP contribution in [0.1, 0.15) is 41.9 Å². The molecular weight excluding hydrogens is 326 g/mol. The second kappa shape index (κ2) is 5.39. The molecule has 0 atom stereocenters. The Morgan fingerprint density at radius 2 is 2.17 bits per heavy atom. The van der Waals surface area contributed by atoms with Crippen molar-refractivity contribution >= 4 is 28.4 Å². The smallest absolute Gasteiger partial charge is 0.223 e. The van der Waals surface area contributed by atoms with Crippen LogP contribution in [0.2, 0.25) is 5.28 Å². The Bertz CT molecular complexity index is 1030. The molecule has 24 heavy (non-hydrogen) atoms. The molecule has 3 aromatic rings. The second-order valence-corrected chi connectivity index (χ2v) is 6.15. The van der Waals surface area contributed by atoms with Gasteiger partial charge in [-0.3, -0.25) is 4.79 Å². The van der Waals surface area contributed by atoms with Gasteiger partial charge >= 0.3 is 0 Å². The van der Waals surface area contributed by atoms with Gasteiger partial charge in [0, 0.05) is 19.2 Å². The summed E-state index contributed by atoms with van der Waals surface area (Å²) in [5.74, 6) is 0.450. The first kappa shape index (κ1) is 14.8.